The summed E-state index contributed by atoms with van der Waals surface area (Å²) in [6.45, 7) is 4.77. The first kappa shape index (κ1) is 26.5. The summed E-state index contributed by atoms with van der Waals surface area (Å²) in [6, 6.07) is 22.5. The van der Waals surface area contributed by atoms with Gasteiger partial charge in [-0.2, -0.15) is 0 Å². The Bertz CT molecular complexity index is 1220. The molecular weight excluding hydrogens is 461 g/mol. The highest BCUT2D eigenvalue weighted by Crippen LogP contribution is 2.37. The van der Waals surface area contributed by atoms with Crippen LogP contribution in [0.2, 0.25) is 0 Å². The molecule has 37 heavy (non-hydrogen) atoms. The number of carboxylic acids is 1. The van der Waals surface area contributed by atoms with Gasteiger partial charge in [0.15, 0.2) is 0 Å². The lowest BCUT2D eigenvalue weighted by molar-refractivity contribution is -0.137. The Kier molecular flexibility index (Phi) is 8.70. The Labute approximate surface area is 220 Å². The number of unbranched alkanes of at least 4 members (excludes halogenated alkanes) is 2. The van der Waals surface area contributed by atoms with Crippen molar-refractivity contribution in [3.8, 4) is 16.9 Å². The monoisotopic (exact) mass is 497 g/mol. The SMILES string of the molecule is BC(c1ccccc1OCCCCCC(=O)O)N(C(=O)c1ccc(-c2c(C)cccc2C)cc1)C1CC1. The van der Waals surface area contributed by atoms with Crippen LogP contribution in [-0.4, -0.2) is 42.4 Å². The fourth-order valence-electron chi connectivity index (χ4n) is 5.05. The molecule has 0 spiro atoms. The lowest BCUT2D eigenvalue weighted by atomic mass is 9.85. The zero-order valence-corrected chi connectivity index (χ0v) is 22.1. The van der Waals surface area contributed by atoms with Crippen LogP contribution in [0.25, 0.3) is 11.1 Å². The number of carbonyl (C=O) groups excluding carboxylic acids is 1. The summed E-state index contributed by atoms with van der Waals surface area (Å²) in [5, 5.41) is 8.80. The first-order chi connectivity index (χ1) is 17.9. The lowest BCUT2D eigenvalue weighted by Gasteiger charge is -2.31. The molecule has 1 fully saturated rings. The second-order valence-electron chi connectivity index (χ2n) is 10.1. The lowest BCUT2D eigenvalue weighted by Crippen LogP contribution is -2.37. The minimum atomic E-state index is -0.759. The van der Waals surface area contributed by atoms with E-state index in [9.17, 15) is 9.59 Å². The van der Waals surface area contributed by atoms with Gasteiger partial charge in [0.05, 0.1) is 6.61 Å². The molecule has 4 rings (SSSR count). The zero-order valence-electron chi connectivity index (χ0n) is 22.1. The Hall–Kier alpha value is -3.54. The van der Waals surface area contributed by atoms with Crippen molar-refractivity contribution in [3.63, 3.8) is 0 Å². The van der Waals surface area contributed by atoms with Gasteiger partial charge in [-0.3, -0.25) is 9.59 Å². The molecule has 0 radical (unpaired) electrons. The van der Waals surface area contributed by atoms with E-state index in [1.165, 1.54) is 16.7 Å². The number of aryl methyl sites for hydroxylation is 2. The van der Waals surface area contributed by atoms with E-state index in [1.54, 1.807) is 0 Å². The van der Waals surface area contributed by atoms with Gasteiger partial charge in [-0.05, 0) is 86.4 Å². The van der Waals surface area contributed by atoms with Gasteiger partial charge in [-0.25, -0.2) is 0 Å². The number of hydrogen-bond acceptors (Lipinski definition) is 3. The van der Waals surface area contributed by atoms with Gasteiger partial charge >= 0.3 is 5.97 Å². The van der Waals surface area contributed by atoms with E-state index in [0.29, 0.717) is 18.6 Å². The summed E-state index contributed by atoms with van der Waals surface area (Å²) in [5.74, 6) is -0.0463. The number of aliphatic carboxylic acids is 1. The van der Waals surface area contributed by atoms with E-state index < -0.39 is 5.97 Å². The molecule has 0 heterocycles. The zero-order chi connectivity index (χ0) is 26.4. The van der Waals surface area contributed by atoms with E-state index in [4.69, 9.17) is 9.84 Å². The van der Waals surface area contributed by atoms with Crippen molar-refractivity contribution in [2.45, 2.75) is 64.4 Å². The second kappa shape index (κ2) is 12.1. The number of amides is 1. The van der Waals surface area contributed by atoms with Gasteiger partial charge in [0.2, 0.25) is 0 Å². The molecule has 1 amide bonds. The predicted octanol–water partition coefficient (Wildman–Crippen LogP) is 5.93. The van der Waals surface area contributed by atoms with Crippen LogP contribution in [0.1, 0.15) is 71.5 Å². The first-order valence-corrected chi connectivity index (χ1v) is 13.3. The van der Waals surface area contributed by atoms with E-state index >= 15 is 0 Å². The molecule has 5 nitrogen and oxygen atoms in total. The number of para-hydroxylation sites is 1. The van der Waals surface area contributed by atoms with Gasteiger partial charge in [-0.15, -0.1) is 0 Å². The smallest absolute Gasteiger partial charge is 0.303 e. The molecule has 1 unspecified atom stereocenters. The average Bonchev–Trinajstić information content (AvgIpc) is 3.71. The van der Waals surface area contributed by atoms with Crippen molar-refractivity contribution >= 4 is 19.7 Å². The minimum Gasteiger partial charge on any atom is -0.493 e. The summed E-state index contributed by atoms with van der Waals surface area (Å²) in [7, 11) is 2.08. The number of carbonyl (C=O) groups is 2. The molecule has 0 aromatic heterocycles. The molecule has 1 saturated carbocycles. The maximum Gasteiger partial charge on any atom is 0.303 e. The van der Waals surface area contributed by atoms with Gasteiger partial charge in [0.1, 0.15) is 13.6 Å². The number of rotatable bonds is 12. The molecule has 3 aromatic rings. The summed E-state index contributed by atoms with van der Waals surface area (Å²) in [4.78, 5) is 26.5. The van der Waals surface area contributed by atoms with Crippen LogP contribution in [0.3, 0.4) is 0 Å². The highest BCUT2D eigenvalue weighted by atomic mass is 16.5. The standard InChI is InChI=1S/C31H36BNO4/c1-21-9-8-10-22(2)29(21)23-14-16-24(17-15-23)31(36)33(25-18-19-25)30(32)26-11-5-6-12-27(26)37-20-7-3-4-13-28(34)35/h5-6,8-12,14-17,25,30H,3-4,7,13,18-20,32H2,1-2H3,(H,34,35). The van der Waals surface area contributed by atoms with Crippen LogP contribution in [-0.2, 0) is 4.79 Å². The molecule has 192 valence electrons. The van der Waals surface area contributed by atoms with Crippen molar-refractivity contribution in [1.82, 2.24) is 4.90 Å². The largest absolute Gasteiger partial charge is 0.493 e. The Morgan fingerprint density at radius 1 is 0.946 bits per heavy atom. The molecule has 0 saturated heterocycles. The fraction of sp³-hybridized carbons (Fsp3) is 0.355. The van der Waals surface area contributed by atoms with Gasteiger partial charge in [0.25, 0.3) is 5.91 Å². The molecule has 0 bridgehead atoms. The fourth-order valence-corrected chi connectivity index (χ4v) is 5.05. The van der Waals surface area contributed by atoms with Gasteiger partial charge in [-0.1, -0.05) is 48.5 Å². The summed E-state index contributed by atoms with van der Waals surface area (Å²) >= 11 is 0. The molecular formula is C31H36BNO4. The summed E-state index contributed by atoms with van der Waals surface area (Å²) < 4.78 is 6.10. The van der Waals surface area contributed by atoms with Crippen molar-refractivity contribution < 1.29 is 19.4 Å². The van der Waals surface area contributed by atoms with Crippen LogP contribution in [0.4, 0.5) is 0 Å². The molecule has 1 N–H and O–H groups in total. The van der Waals surface area contributed by atoms with Crippen LogP contribution in [0.15, 0.2) is 66.7 Å². The number of nitrogens with zero attached hydrogens (tertiary/aromatic N) is 1. The Morgan fingerprint density at radius 3 is 2.27 bits per heavy atom. The molecule has 3 aromatic carbocycles. The molecule has 1 aliphatic rings. The number of ether oxygens (including phenoxy) is 1. The average molecular weight is 497 g/mol. The van der Waals surface area contributed by atoms with E-state index in [1.807, 2.05) is 41.3 Å². The van der Waals surface area contributed by atoms with Gasteiger partial charge in [0, 0.05) is 29.5 Å². The maximum absolute atomic E-state index is 13.8. The summed E-state index contributed by atoms with van der Waals surface area (Å²) in [6.07, 6.45) is 4.50. The summed E-state index contributed by atoms with van der Waals surface area (Å²) in [5.41, 5.74) is 6.51. The second-order valence-corrected chi connectivity index (χ2v) is 10.1. The highest BCUT2D eigenvalue weighted by molar-refractivity contribution is 6.14. The third-order valence-corrected chi connectivity index (χ3v) is 7.16. The predicted molar refractivity (Wildman–Crippen MR) is 150 cm³/mol. The Balaban J connectivity index is 1.48. The third-order valence-electron chi connectivity index (χ3n) is 7.16. The normalized spacial score (nSPS) is 13.7. The molecule has 1 atom stereocenters. The van der Waals surface area contributed by atoms with Crippen molar-refractivity contribution in [2.24, 2.45) is 0 Å². The molecule has 6 heteroatoms. The quantitative estimate of drug-likeness (QED) is 0.249. The van der Waals surface area contributed by atoms with Crippen molar-refractivity contribution in [1.29, 1.82) is 0 Å². The van der Waals surface area contributed by atoms with Crippen LogP contribution in [0, 0.1) is 13.8 Å². The molecule has 1 aliphatic carbocycles. The number of carboxylic acid groups (broad SMARTS) is 1. The van der Waals surface area contributed by atoms with Gasteiger partial charge < -0.3 is 14.7 Å². The van der Waals surface area contributed by atoms with Crippen molar-refractivity contribution in [2.75, 3.05) is 6.61 Å². The minimum absolute atomic E-state index is 0.0477. The third kappa shape index (κ3) is 6.62. The topological polar surface area (TPSA) is 66.8 Å². The van der Waals surface area contributed by atoms with E-state index in [2.05, 4.69) is 52.0 Å². The van der Waals surface area contributed by atoms with Crippen LogP contribution < -0.4 is 4.74 Å². The Morgan fingerprint density at radius 2 is 1.62 bits per heavy atom. The van der Waals surface area contributed by atoms with E-state index in [0.717, 1.165) is 42.6 Å². The van der Waals surface area contributed by atoms with Crippen molar-refractivity contribution in [3.05, 3.63) is 89.0 Å². The number of benzene rings is 3. The van der Waals surface area contributed by atoms with E-state index in [-0.39, 0.29) is 24.3 Å². The highest BCUT2D eigenvalue weighted by Gasteiger charge is 2.37. The van der Waals surface area contributed by atoms with Crippen LogP contribution >= 0.6 is 0 Å². The van der Waals surface area contributed by atoms with Crippen LogP contribution in [0.5, 0.6) is 5.75 Å². The maximum atomic E-state index is 13.8. The molecule has 0 aliphatic heterocycles. The first-order valence-electron chi connectivity index (χ1n) is 13.3. The number of hydrogen-bond donors (Lipinski definition) is 1.